The largest absolute Gasteiger partial charge is 0.295 e. The van der Waals surface area contributed by atoms with Crippen LogP contribution in [0, 0.1) is 5.41 Å². The zero-order chi connectivity index (χ0) is 10.2. The van der Waals surface area contributed by atoms with Crippen LogP contribution in [-0.2, 0) is 4.79 Å². The number of fused-ring (bicyclic) bond motifs is 1. The van der Waals surface area contributed by atoms with Gasteiger partial charge in [-0.2, -0.15) is 0 Å². The molecule has 1 unspecified atom stereocenters. The molecule has 0 heterocycles. The lowest BCUT2D eigenvalue weighted by molar-refractivity contribution is -0.113. The van der Waals surface area contributed by atoms with Gasteiger partial charge in [0.1, 0.15) is 0 Å². The van der Waals surface area contributed by atoms with Crippen LogP contribution in [0.25, 0.3) is 0 Å². The highest BCUT2D eigenvalue weighted by Gasteiger charge is 2.32. The third-order valence-corrected chi connectivity index (χ3v) is 3.71. The molecule has 1 saturated carbocycles. The van der Waals surface area contributed by atoms with Crippen LogP contribution in [0.3, 0.4) is 0 Å². The van der Waals surface area contributed by atoms with Crippen molar-refractivity contribution in [1.29, 1.82) is 0 Å². The minimum Gasteiger partial charge on any atom is -0.295 e. The van der Waals surface area contributed by atoms with Crippen molar-refractivity contribution >= 4 is 5.78 Å². The normalized spacial score (nSPS) is 31.6. The van der Waals surface area contributed by atoms with Gasteiger partial charge in [-0.25, -0.2) is 0 Å². The Morgan fingerprint density at radius 1 is 1.43 bits per heavy atom. The van der Waals surface area contributed by atoms with Crippen molar-refractivity contribution in [2.45, 2.75) is 46.0 Å². The Kier molecular flexibility index (Phi) is 2.34. The Morgan fingerprint density at radius 2 is 2.21 bits per heavy atom. The molecule has 0 radical (unpaired) electrons. The Balaban J connectivity index is 2.28. The highest BCUT2D eigenvalue weighted by molar-refractivity contribution is 5.96. The lowest BCUT2D eigenvalue weighted by Gasteiger charge is -2.38. The molecule has 2 rings (SSSR count). The van der Waals surface area contributed by atoms with Crippen molar-refractivity contribution in [3.8, 4) is 0 Å². The van der Waals surface area contributed by atoms with Crippen molar-refractivity contribution in [3.63, 3.8) is 0 Å². The molecule has 0 N–H and O–H groups in total. The fourth-order valence-corrected chi connectivity index (χ4v) is 2.60. The summed E-state index contributed by atoms with van der Waals surface area (Å²) in [5.41, 5.74) is 2.81. The van der Waals surface area contributed by atoms with Gasteiger partial charge < -0.3 is 0 Å². The van der Waals surface area contributed by atoms with Gasteiger partial charge in [0.25, 0.3) is 0 Å². The molecule has 2 aliphatic rings. The highest BCUT2D eigenvalue weighted by atomic mass is 16.1. The molecule has 0 saturated heterocycles. The van der Waals surface area contributed by atoms with E-state index in [0.717, 1.165) is 12.0 Å². The first-order chi connectivity index (χ1) is 6.62. The van der Waals surface area contributed by atoms with Gasteiger partial charge in [0.15, 0.2) is 5.78 Å². The summed E-state index contributed by atoms with van der Waals surface area (Å²) in [6.45, 7) is 4.00. The van der Waals surface area contributed by atoms with E-state index < -0.39 is 0 Å². The molecular weight excluding hydrogens is 172 g/mol. The summed E-state index contributed by atoms with van der Waals surface area (Å²) in [5.74, 6) is 0.213. The topological polar surface area (TPSA) is 17.1 Å². The molecule has 0 aliphatic heterocycles. The number of Topliss-reactive ketones (excluding diaryl/α,β-unsaturated/α-hetero) is 1. The summed E-state index contributed by atoms with van der Waals surface area (Å²) in [6, 6.07) is 0. The predicted octanol–water partition coefficient (Wildman–Crippen LogP) is 3.41. The second kappa shape index (κ2) is 3.38. The van der Waals surface area contributed by atoms with Gasteiger partial charge >= 0.3 is 0 Å². The summed E-state index contributed by atoms with van der Waals surface area (Å²) >= 11 is 0. The molecule has 0 aromatic carbocycles. The standard InChI is InChI=1S/C13H18O/c1-10(14)11-6-8-13(2)7-4-3-5-12(13)9-11/h6,9H,3-5,7-8H2,1-2H3. The van der Waals surface area contributed by atoms with Gasteiger partial charge in [-0.15, -0.1) is 0 Å². The molecular formula is C13H18O. The van der Waals surface area contributed by atoms with E-state index in [4.69, 9.17) is 0 Å². The summed E-state index contributed by atoms with van der Waals surface area (Å²) in [4.78, 5) is 11.3. The number of ketones is 1. The second-order valence-corrected chi connectivity index (χ2v) is 4.86. The van der Waals surface area contributed by atoms with Crippen LogP contribution in [0.5, 0.6) is 0 Å². The summed E-state index contributed by atoms with van der Waals surface area (Å²) in [7, 11) is 0. The molecule has 1 fully saturated rings. The third-order valence-electron chi connectivity index (χ3n) is 3.71. The second-order valence-electron chi connectivity index (χ2n) is 4.86. The van der Waals surface area contributed by atoms with Crippen molar-refractivity contribution in [3.05, 3.63) is 23.3 Å². The molecule has 76 valence electrons. The minimum absolute atomic E-state index is 0.213. The number of hydrogen-bond donors (Lipinski definition) is 0. The SMILES string of the molecule is CC(=O)C1=CCC2(C)CCCCC2=C1. The molecule has 2 aliphatic carbocycles. The first-order valence-corrected chi connectivity index (χ1v) is 5.54. The summed E-state index contributed by atoms with van der Waals surface area (Å²) in [6.07, 6.45) is 10.5. The van der Waals surface area contributed by atoms with Crippen LogP contribution in [0.1, 0.15) is 46.0 Å². The highest BCUT2D eigenvalue weighted by Crippen LogP contribution is 2.46. The smallest absolute Gasteiger partial charge is 0.159 e. The molecule has 0 amide bonds. The summed E-state index contributed by atoms with van der Waals surface area (Å²) < 4.78 is 0. The number of rotatable bonds is 1. The van der Waals surface area contributed by atoms with E-state index in [2.05, 4.69) is 19.1 Å². The number of hydrogen-bond acceptors (Lipinski definition) is 1. The van der Waals surface area contributed by atoms with E-state index in [1.165, 1.54) is 31.3 Å². The molecule has 0 bridgehead atoms. The quantitative estimate of drug-likeness (QED) is 0.619. The molecule has 0 aromatic rings. The van der Waals surface area contributed by atoms with Crippen LogP contribution in [0.4, 0.5) is 0 Å². The molecule has 1 nitrogen and oxygen atoms in total. The van der Waals surface area contributed by atoms with Crippen molar-refractivity contribution in [1.82, 2.24) is 0 Å². The van der Waals surface area contributed by atoms with E-state index in [-0.39, 0.29) is 5.78 Å². The summed E-state index contributed by atoms with van der Waals surface area (Å²) in [5, 5.41) is 0. The van der Waals surface area contributed by atoms with Crippen molar-refractivity contribution < 1.29 is 4.79 Å². The molecule has 0 spiro atoms. The van der Waals surface area contributed by atoms with E-state index in [1.54, 1.807) is 6.92 Å². The van der Waals surface area contributed by atoms with E-state index in [9.17, 15) is 4.79 Å². The lowest BCUT2D eigenvalue weighted by Crippen LogP contribution is -2.25. The average Bonchev–Trinajstić information content (AvgIpc) is 2.16. The van der Waals surface area contributed by atoms with Crippen LogP contribution in [0.15, 0.2) is 23.3 Å². The Morgan fingerprint density at radius 3 is 2.93 bits per heavy atom. The van der Waals surface area contributed by atoms with Crippen molar-refractivity contribution in [2.75, 3.05) is 0 Å². The maximum atomic E-state index is 11.3. The maximum Gasteiger partial charge on any atom is 0.159 e. The number of carbonyl (C=O) groups excluding carboxylic acids is 1. The van der Waals surface area contributed by atoms with Gasteiger partial charge in [0, 0.05) is 5.57 Å². The zero-order valence-corrected chi connectivity index (χ0v) is 9.10. The predicted molar refractivity (Wildman–Crippen MR) is 58.0 cm³/mol. The Labute approximate surface area is 85.9 Å². The van der Waals surface area contributed by atoms with E-state index in [0.29, 0.717) is 5.41 Å². The van der Waals surface area contributed by atoms with E-state index >= 15 is 0 Å². The Hall–Kier alpha value is -0.850. The third kappa shape index (κ3) is 1.56. The molecule has 1 heteroatoms. The lowest BCUT2D eigenvalue weighted by atomic mass is 9.67. The minimum atomic E-state index is 0.213. The van der Waals surface area contributed by atoms with Gasteiger partial charge in [0.05, 0.1) is 0 Å². The van der Waals surface area contributed by atoms with Crippen LogP contribution >= 0.6 is 0 Å². The van der Waals surface area contributed by atoms with Crippen LogP contribution in [0.2, 0.25) is 0 Å². The number of allylic oxidation sites excluding steroid dienone is 4. The first kappa shape index (κ1) is 9.70. The molecule has 14 heavy (non-hydrogen) atoms. The Bertz CT molecular complexity index is 322. The fraction of sp³-hybridized carbons (Fsp3) is 0.615. The van der Waals surface area contributed by atoms with Crippen LogP contribution < -0.4 is 0 Å². The monoisotopic (exact) mass is 190 g/mol. The van der Waals surface area contributed by atoms with Gasteiger partial charge in [0.2, 0.25) is 0 Å². The maximum absolute atomic E-state index is 11.3. The van der Waals surface area contributed by atoms with Crippen molar-refractivity contribution in [2.24, 2.45) is 5.41 Å². The zero-order valence-electron chi connectivity index (χ0n) is 9.10. The average molecular weight is 190 g/mol. The molecule has 1 atom stereocenters. The van der Waals surface area contributed by atoms with E-state index in [1.807, 2.05) is 0 Å². The van der Waals surface area contributed by atoms with Crippen LogP contribution in [-0.4, -0.2) is 5.78 Å². The van der Waals surface area contributed by atoms with Gasteiger partial charge in [-0.1, -0.05) is 31.1 Å². The van der Waals surface area contributed by atoms with Gasteiger partial charge in [-0.3, -0.25) is 4.79 Å². The first-order valence-electron chi connectivity index (χ1n) is 5.54. The molecule has 0 aromatic heterocycles. The van der Waals surface area contributed by atoms with Gasteiger partial charge in [-0.05, 0) is 38.0 Å². The number of carbonyl (C=O) groups is 1. The fourth-order valence-electron chi connectivity index (χ4n) is 2.60.